The van der Waals surface area contributed by atoms with Crippen LogP contribution < -0.4 is 5.32 Å². The first-order valence-corrected chi connectivity index (χ1v) is 5.58. The molecule has 1 fully saturated rings. The van der Waals surface area contributed by atoms with E-state index in [2.05, 4.69) is 5.32 Å². The number of ether oxygens (including phenoxy) is 1. The van der Waals surface area contributed by atoms with Gasteiger partial charge < -0.3 is 10.1 Å². The lowest BCUT2D eigenvalue weighted by Crippen LogP contribution is -2.28. The van der Waals surface area contributed by atoms with Crippen LogP contribution >= 0.6 is 0 Å². The number of nitrogens with one attached hydrogen (secondary N) is 1. The van der Waals surface area contributed by atoms with E-state index < -0.39 is 11.7 Å². The quantitative estimate of drug-likeness (QED) is 0.754. The molecule has 0 aliphatic carbocycles. The van der Waals surface area contributed by atoms with Crippen molar-refractivity contribution in [3.63, 3.8) is 0 Å². The van der Waals surface area contributed by atoms with Gasteiger partial charge in [-0.15, -0.1) is 0 Å². The zero-order valence-electron chi connectivity index (χ0n) is 9.05. The van der Waals surface area contributed by atoms with Crippen LogP contribution in [0.1, 0.15) is 22.6 Å². The third-order valence-electron chi connectivity index (χ3n) is 3.52. The van der Waals surface area contributed by atoms with Crippen molar-refractivity contribution in [3.8, 4) is 0 Å². The normalized spacial score (nSPS) is 27.7. The number of alkyl halides is 3. The minimum atomic E-state index is -4.30. The maximum Gasteiger partial charge on any atom is 0.416 e. The fraction of sp³-hybridized carbons (Fsp3) is 0.500. The molecule has 5 heteroatoms. The highest BCUT2D eigenvalue weighted by molar-refractivity contribution is 5.41. The van der Waals surface area contributed by atoms with Gasteiger partial charge >= 0.3 is 6.18 Å². The lowest BCUT2D eigenvalue weighted by atomic mass is 9.87. The van der Waals surface area contributed by atoms with Gasteiger partial charge in [-0.1, -0.05) is 12.1 Å². The van der Waals surface area contributed by atoms with Gasteiger partial charge in [0.1, 0.15) is 0 Å². The number of hydrogen-bond acceptors (Lipinski definition) is 2. The average molecular weight is 243 g/mol. The number of benzene rings is 1. The molecule has 0 unspecified atom stereocenters. The van der Waals surface area contributed by atoms with E-state index in [1.54, 1.807) is 6.07 Å². The summed E-state index contributed by atoms with van der Waals surface area (Å²) in [5.41, 5.74) is 0.548. The molecule has 0 aromatic heterocycles. The van der Waals surface area contributed by atoms with E-state index in [1.807, 2.05) is 0 Å². The Morgan fingerprint density at radius 3 is 2.82 bits per heavy atom. The second kappa shape index (κ2) is 3.71. The summed E-state index contributed by atoms with van der Waals surface area (Å²) in [7, 11) is 0. The smallest absolute Gasteiger partial charge is 0.372 e. The van der Waals surface area contributed by atoms with E-state index in [0.717, 1.165) is 18.2 Å². The first kappa shape index (κ1) is 11.0. The summed E-state index contributed by atoms with van der Waals surface area (Å²) in [6.07, 6.45) is -4.28. The van der Waals surface area contributed by atoms with Gasteiger partial charge in [-0.3, -0.25) is 0 Å². The van der Waals surface area contributed by atoms with E-state index in [-0.39, 0.29) is 18.6 Å². The summed E-state index contributed by atoms with van der Waals surface area (Å²) < 4.78 is 44.0. The van der Waals surface area contributed by atoms with Gasteiger partial charge in [-0.25, -0.2) is 0 Å². The molecule has 2 heterocycles. The Bertz CT molecular complexity index is 444. The van der Waals surface area contributed by atoms with Crippen molar-refractivity contribution in [3.05, 3.63) is 34.9 Å². The van der Waals surface area contributed by atoms with Crippen molar-refractivity contribution >= 4 is 0 Å². The number of hydrogen-bond donors (Lipinski definition) is 1. The standard InChI is InChI=1S/C12H12F3NO/c13-12(14,15)10-3-1-2-7-8-4-16-5-11(8)17-6-9(7)10/h1-3,8,11,16H,4-6H2/t8-,11+/m1/s1. The molecule has 92 valence electrons. The maximum atomic E-state index is 12.8. The van der Waals surface area contributed by atoms with Gasteiger partial charge in [0.05, 0.1) is 18.3 Å². The van der Waals surface area contributed by atoms with E-state index >= 15 is 0 Å². The Balaban J connectivity index is 2.09. The lowest BCUT2D eigenvalue weighted by molar-refractivity contribution is -0.139. The molecule has 1 saturated heterocycles. The minimum Gasteiger partial charge on any atom is -0.372 e. The molecule has 0 spiro atoms. The van der Waals surface area contributed by atoms with Crippen molar-refractivity contribution in [2.75, 3.05) is 13.1 Å². The topological polar surface area (TPSA) is 21.3 Å². The van der Waals surface area contributed by atoms with E-state index in [4.69, 9.17) is 4.74 Å². The van der Waals surface area contributed by atoms with Crippen LogP contribution in [-0.4, -0.2) is 19.2 Å². The molecular weight excluding hydrogens is 231 g/mol. The van der Waals surface area contributed by atoms with Crippen molar-refractivity contribution in [1.82, 2.24) is 5.32 Å². The molecule has 3 rings (SSSR count). The zero-order chi connectivity index (χ0) is 12.0. The van der Waals surface area contributed by atoms with Gasteiger partial charge in [0.2, 0.25) is 0 Å². The molecule has 2 atom stereocenters. The Labute approximate surface area is 96.8 Å². The monoisotopic (exact) mass is 243 g/mol. The summed E-state index contributed by atoms with van der Waals surface area (Å²) >= 11 is 0. The van der Waals surface area contributed by atoms with Gasteiger partial charge in [-0.05, 0) is 17.2 Å². The molecule has 1 aromatic carbocycles. The molecule has 0 saturated carbocycles. The van der Waals surface area contributed by atoms with Crippen molar-refractivity contribution < 1.29 is 17.9 Å². The van der Waals surface area contributed by atoms with Crippen molar-refractivity contribution in [1.29, 1.82) is 0 Å². The third kappa shape index (κ3) is 1.73. The van der Waals surface area contributed by atoms with Crippen LogP contribution in [0, 0.1) is 0 Å². The van der Waals surface area contributed by atoms with Crippen LogP contribution in [0.15, 0.2) is 18.2 Å². The van der Waals surface area contributed by atoms with Gasteiger partial charge in [-0.2, -0.15) is 13.2 Å². The molecular formula is C12H12F3NO. The Hall–Kier alpha value is -1.07. The van der Waals surface area contributed by atoms with Gasteiger partial charge in [0.15, 0.2) is 0 Å². The largest absolute Gasteiger partial charge is 0.416 e. The van der Waals surface area contributed by atoms with Crippen LogP contribution in [0.2, 0.25) is 0 Å². The highest BCUT2D eigenvalue weighted by atomic mass is 19.4. The number of rotatable bonds is 0. The van der Waals surface area contributed by atoms with E-state index in [0.29, 0.717) is 12.1 Å². The third-order valence-corrected chi connectivity index (χ3v) is 3.52. The number of fused-ring (bicyclic) bond motifs is 3. The van der Waals surface area contributed by atoms with Gasteiger partial charge in [0.25, 0.3) is 0 Å². The molecule has 0 radical (unpaired) electrons. The summed E-state index contributed by atoms with van der Waals surface area (Å²) in [6.45, 7) is 1.48. The van der Waals surface area contributed by atoms with Crippen LogP contribution in [-0.2, 0) is 17.5 Å². The molecule has 17 heavy (non-hydrogen) atoms. The predicted octanol–water partition coefficient (Wildman–Crippen LogP) is 2.29. The molecule has 0 bridgehead atoms. The second-order valence-corrected chi connectivity index (χ2v) is 4.49. The fourth-order valence-corrected chi connectivity index (χ4v) is 2.71. The first-order chi connectivity index (χ1) is 8.07. The highest BCUT2D eigenvalue weighted by Crippen LogP contribution is 2.40. The highest BCUT2D eigenvalue weighted by Gasteiger charge is 2.40. The first-order valence-electron chi connectivity index (χ1n) is 5.58. The lowest BCUT2D eigenvalue weighted by Gasteiger charge is -2.29. The van der Waals surface area contributed by atoms with Crippen molar-refractivity contribution in [2.24, 2.45) is 0 Å². The fourth-order valence-electron chi connectivity index (χ4n) is 2.71. The van der Waals surface area contributed by atoms with Crippen LogP contribution in [0.5, 0.6) is 0 Å². The average Bonchev–Trinajstić information content (AvgIpc) is 2.75. The predicted molar refractivity (Wildman–Crippen MR) is 55.6 cm³/mol. The molecule has 1 N–H and O–H groups in total. The summed E-state index contributed by atoms with van der Waals surface area (Å²) in [6, 6.07) is 4.41. The maximum absolute atomic E-state index is 12.8. The minimum absolute atomic E-state index is 0.0194. The summed E-state index contributed by atoms with van der Waals surface area (Å²) in [4.78, 5) is 0. The molecule has 2 aliphatic heterocycles. The SMILES string of the molecule is FC(F)(F)c1cccc2c1CO[C@H]1CNC[C@H]21. The van der Waals surface area contributed by atoms with Crippen LogP contribution in [0.25, 0.3) is 0 Å². The van der Waals surface area contributed by atoms with Crippen LogP contribution in [0.3, 0.4) is 0 Å². The summed E-state index contributed by atoms with van der Waals surface area (Å²) in [5, 5.41) is 3.16. The molecule has 1 aromatic rings. The summed E-state index contributed by atoms with van der Waals surface area (Å²) in [5.74, 6) is 0.0565. The van der Waals surface area contributed by atoms with Crippen LogP contribution in [0.4, 0.5) is 13.2 Å². The molecule has 2 aliphatic rings. The number of halogens is 3. The zero-order valence-corrected chi connectivity index (χ0v) is 9.05. The Morgan fingerprint density at radius 2 is 2.06 bits per heavy atom. The van der Waals surface area contributed by atoms with Crippen molar-refractivity contribution in [2.45, 2.75) is 24.8 Å². The van der Waals surface area contributed by atoms with E-state index in [1.165, 1.54) is 6.07 Å². The molecule has 2 nitrogen and oxygen atoms in total. The van der Waals surface area contributed by atoms with Gasteiger partial charge in [0, 0.05) is 19.0 Å². The second-order valence-electron chi connectivity index (χ2n) is 4.49. The molecule has 0 amide bonds. The Morgan fingerprint density at radius 1 is 1.24 bits per heavy atom. The Kier molecular flexibility index (Phi) is 2.41. The van der Waals surface area contributed by atoms with E-state index in [9.17, 15) is 13.2 Å².